The topological polar surface area (TPSA) is 77.1 Å². The van der Waals surface area contributed by atoms with E-state index in [2.05, 4.69) is 15.7 Å². The van der Waals surface area contributed by atoms with Crippen molar-refractivity contribution >= 4 is 22.4 Å². The maximum absolute atomic E-state index is 12.6. The quantitative estimate of drug-likeness (QED) is 0.600. The standard InChI is InChI=1S/C22H28N2O5S.ClH/c1-27-21-13-16-6-10-24(15-18(16)14-22(21)28-2)9-3-8-23-30(25,26)19-4-5-20-17(12-19)7-11-29-20;/h4-5,12-14,23H,3,6-11,15H2,1-2H3;1H. The summed E-state index contributed by atoms with van der Waals surface area (Å²) in [7, 11) is -0.211. The van der Waals surface area contributed by atoms with Gasteiger partial charge in [0, 0.05) is 26.1 Å². The smallest absolute Gasteiger partial charge is 0.240 e. The van der Waals surface area contributed by atoms with Crippen LogP contribution in [0.25, 0.3) is 0 Å². The molecule has 0 amide bonds. The lowest BCUT2D eigenvalue weighted by atomic mass is 9.98. The van der Waals surface area contributed by atoms with E-state index < -0.39 is 10.0 Å². The molecule has 0 spiro atoms. The van der Waals surface area contributed by atoms with Crippen molar-refractivity contribution in [3.05, 3.63) is 47.0 Å². The Morgan fingerprint density at radius 1 is 1.03 bits per heavy atom. The summed E-state index contributed by atoms with van der Waals surface area (Å²) >= 11 is 0. The fourth-order valence-corrected chi connectivity index (χ4v) is 5.18. The normalized spacial score (nSPS) is 15.4. The van der Waals surface area contributed by atoms with Crippen LogP contribution in [0.5, 0.6) is 17.2 Å². The number of nitrogens with one attached hydrogen (secondary N) is 1. The monoisotopic (exact) mass is 468 g/mol. The molecule has 4 rings (SSSR count). The third-order valence-electron chi connectivity index (χ3n) is 5.71. The van der Waals surface area contributed by atoms with Gasteiger partial charge in [-0.25, -0.2) is 13.1 Å². The maximum atomic E-state index is 12.6. The molecule has 0 atom stereocenters. The third kappa shape index (κ3) is 5.26. The SMILES string of the molecule is COc1cc2c(cc1OC)CN(CCCNS(=O)(=O)c1ccc3c(c1)CCO3)CC2.Cl. The van der Waals surface area contributed by atoms with Crippen LogP contribution in [0.2, 0.25) is 0 Å². The lowest BCUT2D eigenvalue weighted by molar-refractivity contribution is 0.250. The van der Waals surface area contributed by atoms with Crippen LogP contribution in [-0.4, -0.2) is 53.8 Å². The van der Waals surface area contributed by atoms with Crippen LogP contribution in [0.1, 0.15) is 23.1 Å². The minimum absolute atomic E-state index is 0. The van der Waals surface area contributed by atoms with Gasteiger partial charge in [-0.3, -0.25) is 4.90 Å². The summed E-state index contributed by atoms with van der Waals surface area (Å²) in [6.07, 6.45) is 2.44. The molecule has 31 heavy (non-hydrogen) atoms. The molecule has 9 heteroatoms. The fourth-order valence-electron chi connectivity index (χ4n) is 4.06. The summed E-state index contributed by atoms with van der Waals surface area (Å²) in [6, 6.07) is 9.16. The highest BCUT2D eigenvalue weighted by molar-refractivity contribution is 7.89. The number of rotatable bonds is 8. The number of methoxy groups -OCH3 is 2. The first-order valence-corrected chi connectivity index (χ1v) is 11.7. The molecule has 0 radical (unpaired) electrons. The van der Waals surface area contributed by atoms with Gasteiger partial charge in [-0.2, -0.15) is 0 Å². The van der Waals surface area contributed by atoms with E-state index in [4.69, 9.17) is 14.2 Å². The van der Waals surface area contributed by atoms with E-state index in [1.54, 1.807) is 32.4 Å². The maximum Gasteiger partial charge on any atom is 0.240 e. The molecule has 0 saturated heterocycles. The lowest BCUT2D eigenvalue weighted by Crippen LogP contribution is -2.33. The summed E-state index contributed by atoms with van der Waals surface area (Å²) in [5, 5.41) is 0. The first kappa shape index (κ1) is 23.7. The van der Waals surface area contributed by atoms with Gasteiger partial charge in [0.2, 0.25) is 10.0 Å². The molecule has 0 aromatic heterocycles. The second kappa shape index (κ2) is 10.1. The first-order valence-electron chi connectivity index (χ1n) is 10.2. The Kier molecular flexibility index (Phi) is 7.69. The predicted molar refractivity (Wildman–Crippen MR) is 121 cm³/mol. The Bertz CT molecular complexity index is 1030. The van der Waals surface area contributed by atoms with Gasteiger partial charge in [-0.05, 0) is 66.4 Å². The number of benzene rings is 2. The van der Waals surface area contributed by atoms with E-state index in [-0.39, 0.29) is 12.4 Å². The van der Waals surface area contributed by atoms with Crippen molar-refractivity contribution in [2.75, 3.05) is 40.5 Å². The average Bonchev–Trinajstić information content (AvgIpc) is 3.23. The van der Waals surface area contributed by atoms with E-state index >= 15 is 0 Å². The average molecular weight is 469 g/mol. The Hall–Kier alpha value is -2.00. The summed E-state index contributed by atoms with van der Waals surface area (Å²) < 4.78 is 44.2. The van der Waals surface area contributed by atoms with Crippen LogP contribution in [0.4, 0.5) is 0 Å². The lowest BCUT2D eigenvalue weighted by Gasteiger charge is -2.29. The van der Waals surface area contributed by atoms with E-state index in [9.17, 15) is 8.42 Å². The van der Waals surface area contributed by atoms with Crippen molar-refractivity contribution in [3.8, 4) is 17.2 Å². The summed E-state index contributed by atoms with van der Waals surface area (Å²) in [4.78, 5) is 2.65. The van der Waals surface area contributed by atoms with Gasteiger partial charge in [-0.1, -0.05) is 0 Å². The van der Waals surface area contributed by atoms with Crippen molar-refractivity contribution in [2.24, 2.45) is 0 Å². The zero-order valence-corrected chi connectivity index (χ0v) is 19.5. The van der Waals surface area contributed by atoms with Gasteiger partial charge in [0.25, 0.3) is 0 Å². The molecule has 7 nitrogen and oxygen atoms in total. The highest BCUT2D eigenvalue weighted by atomic mass is 35.5. The van der Waals surface area contributed by atoms with Crippen molar-refractivity contribution in [3.63, 3.8) is 0 Å². The number of fused-ring (bicyclic) bond motifs is 2. The molecule has 2 heterocycles. The van der Waals surface area contributed by atoms with Gasteiger partial charge in [-0.15, -0.1) is 12.4 Å². The molecule has 0 aliphatic carbocycles. The van der Waals surface area contributed by atoms with Gasteiger partial charge in [0.05, 0.1) is 25.7 Å². The Morgan fingerprint density at radius 3 is 2.52 bits per heavy atom. The molecular weight excluding hydrogens is 440 g/mol. The number of nitrogens with zero attached hydrogens (tertiary/aromatic N) is 1. The zero-order valence-electron chi connectivity index (χ0n) is 17.8. The number of hydrogen-bond donors (Lipinski definition) is 1. The Balaban J connectivity index is 0.00000272. The van der Waals surface area contributed by atoms with Gasteiger partial charge < -0.3 is 14.2 Å². The molecular formula is C22H29ClN2O5S. The molecule has 1 N–H and O–H groups in total. The number of sulfonamides is 1. The Morgan fingerprint density at radius 2 is 1.77 bits per heavy atom. The molecule has 2 aliphatic rings. The minimum Gasteiger partial charge on any atom is -0.493 e. The van der Waals surface area contributed by atoms with Crippen molar-refractivity contribution in [1.29, 1.82) is 0 Å². The predicted octanol–water partition coefficient (Wildman–Crippen LogP) is 2.79. The van der Waals surface area contributed by atoms with Crippen molar-refractivity contribution in [2.45, 2.75) is 30.7 Å². The number of ether oxygens (including phenoxy) is 3. The van der Waals surface area contributed by atoms with Gasteiger partial charge >= 0.3 is 0 Å². The van der Waals surface area contributed by atoms with Crippen molar-refractivity contribution < 1.29 is 22.6 Å². The minimum atomic E-state index is -3.50. The van der Waals surface area contributed by atoms with Crippen LogP contribution in [0, 0.1) is 0 Å². The van der Waals surface area contributed by atoms with Gasteiger partial charge in [0.1, 0.15) is 5.75 Å². The van der Waals surface area contributed by atoms with E-state index in [0.717, 1.165) is 61.7 Å². The fraction of sp³-hybridized carbons (Fsp3) is 0.455. The molecule has 0 saturated carbocycles. The van der Waals surface area contributed by atoms with Gasteiger partial charge in [0.15, 0.2) is 11.5 Å². The van der Waals surface area contributed by atoms with E-state index in [1.807, 2.05) is 6.07 Å². The summed E-state index contributed by atoms with van der Waals surface area (Å²) in [5.74, 6) is 2.29. The molecule has 2 aliphatic heterocycles. The molecule has 0 bridgehead atoms. The van der Waals surface area contributed by atoms with Crippen LogP contribution in [0.15, 0.2) is 35.2 Å². The highest BCUT2D eigenvalue weighted by Gasteiger charge is 2.21. The second-order valence-electron chi connectivity index (χ2n) is 7.62. The molecule has 0 fully saturated rings. The van der Waals surface area contributed by atoms with E-state index in [1.165, 1.54) is 11.1 Å². The first-order chi connectivity index (χ1) is 14.5. The Labute approximate surface area is 190 Å². The second-order valence-corrected chi connectivity index (χ2v) is 9.39. The number of hydrogen-bond acceptors (Lipinski definition) is 6. The molecule has 2 aromatic rings. The van der Waals surface area contributed by atoms with Crippen molar-refractivity contribution in [1.82, 2.24) is 9.62 Å². The largest absolute Gasteiger partial charge is 0.493 e. The van der Waals surface area contributed by atoms with E-state index in [0.29, 0.717) is 18.0 Å². The van der Waals surface area contributed by atoms with Crippen LogP contribution < -0.4 is 18.9 Å². The zero-order chi connectivity index (χ0) is 21.1. The number of halogens is 1. The molecule has 2 aromatic carbocycles. The molecule has 170 valence electrons. The third-order valence-corrected chi connectivity index (χ3v) is 7.17. The summed E-state index contributed by atoms with van der Waals surface area (Å²) in [5.41, 5.74) is 3.47. The highest BCUT2D eigenvalue weighted by Crippen LogP contribution is 2.33. The van der Waals surface area contributed by atoms with Crippen LogP contribution in [-0.2, 0) is 29.4 Å². The molecule has 0 unspecified atom stereocenters. The summed E-state index contributed by atoms with van der Waals surface area (Å²) in [6.45, 7) is 3.62. The van der Waals surface area contributed by atoms with Crippen LogP contribution >= 0.6 is 12.4 Å². The van der Waals surface area contributed by atoms with Crippen LogP contribution in [0.3, 0.4) is 0 Å².